The van der Waals surface area contributed by atoms with Crippen LogP contribution < -0.4 is 4.74 Å². The molecule has 8 heteroatoms. The highest BCUT2D eigenvalue weighted by Gasteiger charge is 2.44. The van der Waals surface area contributed by atoms with Crippen molar-refractivity contribution in [2.24, 2.45) is 0 Å². The molecule has 0 aliphatic heterocycles. The molecule has 1 unspecified atom stereocenters. The fourth-order valence-electron chi connectivity index (χ4n) is 3.40. The van der Waals surface area contributed by atoms with E-state index in [2.05, 4.69) is 0 Å². The molecule has 0 aliphatic carbocycles. The number of ether oxygens (including phenoxy) is 2. The summed E-state index contributed by atoms with van der Waals surface area (Å²) in [6.07, 6.45) is 1.17. The van der Waals surface area contributed by atoms with E-state index < -0.39 is 13.4 Å². The van der Waals surface area contributed by atoms with Crippen LogP contribution in [0, 0.1) is 13.8 Å². The fraction of sp³-hybridized carbons (Fsp3) is 0.375. The van der Waals surface area contributed by atoms with Gasteiger partial charge in [-0.05, 0) is 77.4 Å². The molecule has 3 rings (SSSR count). The summed E-state index contributed by atoms with van der Waals surface area (Å²) < 4.78 is 39.6. The number of aromatic nitrogens is 1. The molecule has 0 saturated carbocycles. The van der Waals surface area contributed by atoms with Crippen LogP contribution in [0.1, 0.15) is 50.4 Å². The van der Waals surface area contributed by atoms with Crippen LogP contribution in [0.2, 0.25) is 0 Å². The highest BCUT2D eigenvalue weighted by Crippen LogP contribution is 2.63. The van der Waals surface area contributed by atoms with Crippen molar-refractivity contribution in [1.82, 2.24) is 4.40 Å². The molecule has 32 heavy (non-hydrogen) atoms. The number of pyridine rings is 1. The van der Waals surface area contributed by atoms with Crippen LogP contribution in [0.5, 0.6) is 5.75 Å². The highest BCUT2D eigenvalue weighted by molar-refractivity contribution is 7.79. The summed E-state index contributed by atoms with van der Waals surface area (Å²) in [5.74, 6) is -0.587. The number of hydrogen-bond acceptors (Lipinski definition) is 6. The lowest BCUT2D eigenvalue weighted by Gasteiger charge is -2.30. The lowest BCUT2D eigenvalue weighted by molar-refractivity contribution is 0.0965. The highest BCUT2D eigenvalue weighted by atomic mass is 32.1. The largest absolute Gasteiger partial charge is 0.434 e. The number of hydrogen-bond donors (Lipinski definition) is 0. The number of aryl methyl sites for hydroxylation is 2. The molecule has 1 atom stereocenters. The Bertz CT molecular complexity index is 1110. The van der Waals surface area contributed by atoms with Gasteiger partial charge in [0.2, 0.25) is 5.85 Å². The van der Waals surface area contributed by atoms with Crippen LogP contribution >= 0.6 is 19.8 Å². The SMILES string of the molecule is Cc1ccc(OC(=S)OC(c2c(C)cc3ccccn23)P(=O)(OC(C)C)OC(C)C)cc1. The van der Waals surface area contributed by atoms with Crippen LogP contribution in [-0.2, 0) is 18.3 Å². The van der Waals surface area contributed by atoms with E-state index in [1.54, 1.807) is 39.8 Å². The van der Waals surface area contributed by atoms with Crippen molar-refractivity contribution >= 4 is 30.6 Å². The minimum atomic E-state index is -3.84. The molecule has 2 aromatic heterocycles. The van der Waals surface area contributed by atoms with Gasteiger partial charge in [0.15, 0.2) is 0 Å². The summed E-state index contributed by atoms with van der Waals surface area (Å²) >= 11 is 5.40. The minimum absolute atomic E-state index is 0.163. The van der Waals surface area contributed by atoms with E-state index in [0.29, 0.717) is 11.4 Å². The Kier molecular flexibility index (Phi) is 7.78. The Hall–Kier alpha value is -2.18. The molecule has 0 saturated heterocycles. The van der Waals surface area contributed by atoms with Crippen molar-refractivity contribution < 1.29 is 23.1 Å². The van der Waals surface area contributed by atoms with Gasteiger partial charge in [-0.1, -0.05) is 23.8 Å². The molecule has 6 nitrogen and oxygen atoms in total. The Morgan fingerprint density at radius 3 is 2.19 bits per heavy atom. The summed E-state index contributed by atoms with van der Waals surface area (Å²) in [6.45, 7) is 11.1. The third-order valence-corrected chi connectivity index (χ3v) is 7.12. The van der Waals surface area contributed by atoms with Gasteiger partial charge in [-0.25, -0.2) is 0 Å². The van der Waals surface area contributed by atoms with Gasteiger partial charge in [0.05, 0.1) is 17.9 Å². The zero-order chi connectivity index (χ0) is 23.5. The van der Waals surface area contributed by atoms with E-state index in [4.69, 9.17) is 30.7 Å². The Morgan fingerprint density at radius 1 is 0.969 bits per heavy atom. The zero-order valence-electron chi connectivity index (χ0n) is 19.3. The van der Waals surface area contributed by atoms with Gasteiger partial charge in [0.1, 0.15) is 5.75 Å². The lowest BCUT2D eigenvalue weighted by atomic mass is 10.2. The molecule has 0 N–H and O–H groups in total. The number of fused-ring (bicyclic) bond motifs is 1. The number of benzene rings is 1. The van der Waals surface area contributed by atoms with E-state index in [1.165, 1.54) is 0 Å². The van der Waals surface area contributed by atoms with Gasteiger partial charge >= 0.3 is 12.8 Å². The van der Waals surface area contributed by atoms with Crippen molar-refractivity contribution in [2.75, 3.05) is 0 Å². The summed E-state index contributed by atoms with van der Waals surface area (Å²) in [5, 5.41) is -0.163. The predicted octanol–water partition coefficient (Wildman–Crippen LogP) is 6.98. The van der Waals surface area contributed by atoms with Crippen LogP contribution in [0.4, 0.5) is 0 Å². The first kappa shape index (κ1) is 24.5. The molecule has 0 aliphatic rings. The molecular weight excluding hydrogens is 445 g/mol. The first-order valence-electron chi connectivity index (χ1n) is 10.6. The summed E-state index contributed by atoms with van der Waals surface area (Å²) in [4.78, 5) is 0. The fourth-order valence-corrected chi connectivity index (χ4v) is 5.97. The molecule has 0 amide bonds. The van der Waals surface area contributed by atoms with Crippen LogP contribution in [0.3, 0.4) is 0 Å². The van der Waals surface area contributed by atoms with E-state index in [-0.39, 0.29) is 17.4 Å². The quantitative estimate of drug-likeness (QED) is 0.259. The Morgan fingerprint density at radius 2 is 1.59 bits per heavy atom. The van der Waals surface area contributed by atoms with Crippen molar-refractivity contribution in [3.8, 4) is 5.75 Å². The molecule has 0 bridgehead atoms. The summed E-state index contributed by atoms with van der Waals surface area (Å²) in [7, 11) is -3.84. The smallest absolute Gasteiger partial charge is 0.377 e. The second kappa shape index (κ2) is 10.2. The number of nitrogens with zero attached hydrogens (tertiary/aromatic N) is 1. The second-order valence-electron chi connectivity index (χ2n) is 8.19. The first-order valence-corrected chi connectivity index (χ1v) is 12.6. The zero-order valence-corrected chi connectivity index (χ0v) is 21.0. The molecule has 172 valence electrons. The maximum atomic E-state index is 14.2. The van der Waals surface area contributed by atoms with Gasteiger partial charge < -0.3 is 22.9 Å². The third kappa shape index (κ3) is 5.78. The van der Waals surface area contributed by atoms with Gasteiger partial charge in [0, 0.05) is 23.9 Å². The molecule has 1 aromatic carbocycles. The van der Waals surface area contributed by atoms with Crippen molar-refractivity contribution in [3.63, 3.8) is 0 Å². The molecule has 0 radical (unpaired) electrons. The standard InChI is InChI=1S/C24H30NO5PS/c1-16(2)29-31(26,30-17(3)4)23(22-19(6)15-20-9-7-8-14-25(20)22)28-24(32)27-21-12-10-18(5)11-13-21/h7-17,23H,1-6H3. The maximum Gasteiger partial charge on any atom is 0.377 e. The Labute approximate surface area is 195 Å². The van der Waals surface area contributed by atoms with Crippen LogP contribution in [0.25, 0.3) is 5.52 Å². The van der Waals surface area contributed by atoms with E-state index in [1.807, 2.05) is 60.8 Å². The Balaban J connectivity index is 2.05. The summed E-state index contributed by atoms with van der Waals surface area (Å²) in [5.41, 5.74) is 3.54. The number of thiocarbonyl (C=S) groups is 1. The maximum absolute atomic E-state index is 14.2. The van der Waals surface area contributed by atoms with Gasteiger partial charge in [-0.2, -0.15) is 0 Å². The normalized spacial score (nSPS) is 13.0. The number of rotatable bonds is 8. The van der Waals surface area contributed by atoms with Crippen molar-refractivity contribution in [2.45, 2.75) is 59.6 Å². The molecule has 2 heterocycles. The van der Waals surface area contributed by atoms with E-state index in [9.17, 15) is 4.57 Å². The summed E-state index contributed by atoms with van der Waals surface area (Å²) in [6, 6.07) is 15.2. The average Bonchev–Trinajstić information content (AvgIpc) is 3.02. The molecular formula is C24H30NO5PS. The predicted molar refractivity (Wildman–Crippen MR) is 130 cm³/mol. The van der Waals surface area contributed by atoms with E-state index in [0.717, 1.165) is 16.6 Å². The van der Waals surface area contributed by atoms with E-state index >= 15 is 0 Å². The lowest BCUT2D eigenvalue weighted by Crippen LogP contribution is -2.21. The van der Waals surface area contributed by atoms with Gasteiger partial charge in [-0.15, -0.1) is 0 Å². The third-order valence-electron chi connectivity index (χ3n) is 4.59. The van der Waals surface area contributed by atoms with Crippen LogP contribution in [-0.4, -0.2) is 21.8 Å². The molecule has 0 fully saturated rings. The minimum Gasteiger partial charge on any atom is -0.434 e. The monoisotopic (exact) mass is 475 g/mol. The van der Waals surface area contributed by atoms with Crippen molar-refractivity contribution in [1.29, 1.82) is 0 Å². The second-order valence-corrected chi connectivity index (χ2v) is 10.5. The van der Waals surface area contributed by atoms with Crippen LogP contribution in [0.15, 0.2) is 54.7 Å². The van der Waals surface area contributed by atoms with Gasteiger partial charge in [-0.3, -0.25) is 4.57 Å². The van der Waals surface area contributed by atoms with Crippen molar-refractivity contribution in [3.05, 3.63) is 71.5 Å². The van der Waals surface area contributed by atoms with Gasteiger partial charge in [0.25, 0.3) is 0 Å². The molecule has 3 aromatic rings. The average molecular weight is 476 g/mol. The topological polar surface area (TPSA) is 58.4 Å². The first-order chi connectivity index (χ1) is 15.1. The molecule has 0 spiro atoms.